The van der Waals surface area contributed by atoms with Gasteiger partial charge in [-0.2, -0.15) is 5.10 Å². The van der Waals surface area contributed by atoms with E-state index in [9.17, 15) is 9.59 Å². The third kappa shape index (κ3) is 2.58. The number of ether oxygens (including phenoxy) is 1. The van der Waals surface area contributed by atoms with Crippen molar-refractivity contribution in [3.8, 4) is 0 Å². The molecule has 0 aliphatic carbocycles. The first-order valence-corrected chi connectivity index (χ1v) is 7.57. The number of H-pyrrole nitrogens is 1. The van der Waals surface area contributed by atoms with E-state index < -0.39 is 5.97 Å². The molecule has 22 heavy (non-hydrogen) atoms. The fourth-order valence-corrected chi connectivity index (χ4v) is 2.84. The van der Waals surface area contributed by atoms with E-state index in [0.29, 0.717) is 16.3 Å². The quantitative estimate of drug-likeness (QED) is 0.725. The van der Waals surface area contributed by atoms with E-state index in [1.165, 1.54) is 11.3 Å². The molecule has 0 unspecified atom stereocenters. The van der Waals surface area contributed by atoms with Gasteiger partial charge in [0.2, 0.25) is 0 Å². The predicted octanol–water partition coefficient (Wildman–Crippen LogP) is 3.05. The summed E-state index contributed by atoms with van der Waals surface area (Å²) >= 11 is 1.26. The molecule has 7 heteroatoms. The number of aromatic amines is 1. The number of carbonyl (C=O) groups excluding carboxylic acids is 2. The maximum absolute atomic E-state index is 12.4. The van der Waals surface area contributed by atoms with Gasteiger partial charge in [-0.3, -0.25) is 9.89 Å². The summed E-state index contributed by atoms with van der Waals surface area (Å²) in [4.78, 5) is 24.2. The third-order valence-electron chi connectivity index (χ3n) is 3.07. The second kappa shape index (κ2) is 5.98. The number of nitrogens with one attached hydrogen (secondary N) is 2. The molecule has 6 nitrogen and oxygen atoms in total. The Bertz CT molecular complexity index is 837. The number of benzene rings is 1. The fraction of sp³-hybridized carbons (Fsp3) is 0.133. The minimum atomic E-state index is -0.453. The summed E-state index contributed by atoms with van der Waals surface area (Å²) in [5.74, 6) is -0.823. The molecule has 0 atom stereocenters. The van der Waals surface area contributed by atoms with Gasteiger partial charge in [0.25, 0.3) is 5.91 Å². The number of hydrogen-bond acceptors (Lipinski definition) is 5. The lowest BCUT2D eigenvalue weighted by Crippen LogP contribution is -2.15. The van der Waals surface area contributed by atoms with Gasteiger partial charge in [-0.1, -0.05) is 18.2 Å². The topological polar surface area (TPSA) is 84.1 Å². The lowest BCUT2D eigenvalue weighted by Gasteiger charge is -2.05. The number of fused-ring (bicyclic) bond motifs is 1. The van der Waals surface area contributed by atoms with Gasteiger partial charge in [-0.05, 0) is 24.4 Å². The van der Waals surface area contributed by atoms with E-state index in [2.05, 4.69) is 15.5 Å². The highest BCUT2D eigenvalue weighted by molar-refractivity contribution is 7.14. The van der Waals surface area contributed by atoms with Crippen LogP contribution >= 0.6 is 11.3 Å². The molecule has 1 aromatic carbocycles. The van der Waals surface area contributed by atoms with E-state index >= 15 is 0 Å². The van der Waals surface area contributed by atoms with Crippen molar-refractivity contribution in [3.05, 3.63) is 47.0 Å². The van der Waals surface area contributed by atoms with Gasteiger partial charge >= 0.3 is 5.97 Å². The third-order valence-corrected chi connectivity index (χ3v) is 3.90. The van der Waals surface area contributed by atoms with E-state index in [1.54, 1.807) is 18.4 Å². The van der Waals surface area contributed by atoms with Crippen molar-refractivity contribution in [2.24, 2.45) is 0 Å². The van der Waals surface area contributed by atoms with Crippen LogP contribution in [0.4, 0.5) is 5.00 Å². The number of aromatic nitrogens is 2. The Morgan fingerprint density at radius 3 is 2.95 bits per heavy atom. The first-order chi connectivity index (χ1) is 10.7. The molecule has 1 amide bonds. The van der Waals surface area contributed by atoms with Crippen molar-refractivity contribution in [2.75, 3.05) is 11.9 Å². The average molecular weight is 315 g/mol. The molecule has 0 aliphatic rings. The normalized spacial score (nSPS) is 10.6. The van der Waals surface area contributed by atoms with Crippen molar-refractivity contribution >= 4 is 39.1 Å². The molecule has 0 radical (unpaired) electrons. The lowest BCUT2D eigenvalue weighted by atomic mass is 10.2. The summed E-state index contributed by atoms with van der Waals surface area (Å²) in [6, 6.07) is 8.98. The Kier molecular flexibility index (Phi) is 3.88. The largest absolute Gasteiger partial charge is 0.462 e. The SMILES string of the molecule is CCOC(=O)c1ccsc1NC(=O)c1n[nH]c2ccccc12. The molecular formula is C15H13N3O3S. The number of carbonyl (C=O) groups is 2. The Hall–Kier alpha value is -2.67. The maximum atomic E-state index is 12.4. The fourth-order valence-electron chi connectivity index (χ4n) is 2.07. The van der Waals surface area contributed by atoms with Crippen molar-refractivity contribution in [1.29, 1.82) is 0 Å². The van der Waals surface area contributed by atoms with E-state index in [1.807, 2.05) is 24.3 Å². The van der Waals surface area contributed by atoms with Gasteiger partial charge in [-0.25, -0.2) is 4.79 Å². The molecule has 0 fully saturated rings. The van der Waals surface area contributed by atoms with Crippen LogP contribution in [0.3, 0.4) is 0 Å². The van der Waals surface area contributed by atoms with Crippen LogP contribution in [0.25, 0.3) is 10.9 Å². The van der Waals surface area contributed by atoms with Crippen molar-refractivity contribution in [1.82, 2.24) is 10.2 Å². The van der Waals surface area contributed by atoms with Crippen LogP contribution in [0, 0.1) is 0 Å². The Labute approximate surface area is 130 Å². The second-order valence-electron chi connectivity index (χ2n) is 4.46. The molecule has 0 saturated heterocycles. The van der Waals surface area contributed by atoms with Crippen LogP contribution in [0.2, 0.25) is 0 Å². The predicted molar refractivity (Wildman–Crippen MR) is 84.3 cm³/mol. The maximum Gasteiger partial charge on any atom is 0.341 e. The van der Waals surface area contributed by atoms with Gasteiger partial charge in [0.15, 0.2) is 5.69 Å². The Morgan fingerprint density at radius 1 is 1.32 bits per heavy atom. The van der Waals surface area contributed by atoms with Crippen LogP contribution in [0.15, 0.2) is 35.7 Å². The van der Waals surface area contributed by atoms with Crippen LogP contribution in [0.1, 0.15) is 27.8 Å². The highest BCUT2D eigenvalue weighted by Crippen LogP contribution is 2.25. The number of amides is 1. The minimum Gasteiger partial charge on any atom is -0.462 e. The zero-order valence-electron chi connectivity index (χ0n) is 11.8. The molecule has 112 valence electrons. The van der Waals surface area contributed by atoms with Gasteiger partial charge in [-0.15, -0.1) is 11.3 Å². The van der Waals surface area contributed by atoms with Crippen LogP contribution in [-0.2, 0) is 4.74 Å². The second-order valence-corrected chi connectivity index (χ2v) is 5.37. The number of para-hydroxylation sites is 1. The summed E-state index contributed by atoms with van der Waals surface area (Å²) in [6.45, 7) is 2.02. The molecule has 3 rings (SSSR count). The standard InChI is InChI=1S/C15H13N3O3S/c1-2-21-15(20)10-7-8-22-14(10)16-13(19)12-9-5-3-4-6-11(9)17-18-12/h3-8H,2H2,1H3,(H,16,19)(H,17,18). The zero-order valence-corrected chi connectivity index (χ0v) is 12.6. The van der Waals surface area contributed by atoms with E-state index in [-0.39, 0.29) is 12.5 Å². The molecule has 2 aromatic heterocycles. The molecule has 0 bridgehead atoms. The first kappa shape index (κ1) is 14.3. The van der Waals surface area contributed by atoms with E-state index in [4.69, 9.17) is 4.74 Å². The van der Waals surface area contributed by atoms with Crippen molar-refractivity contribution in [2.45, 2.75) is 6.92 Å². The monoisotopic (exact) mass is 315 g/mol. The number of hydrogen-bond donors (Lipinski definition) is 2. The number of esters is 1. The first-order valence-electron chi connectivity index (χ1n) is 6.69. The van der Waals surface area contributed by atoms with Crippen molar-refractivity contribution in [3.63, 3.8) is 0 Å². The zero-order chi connectivity index (χ0) is 15.5. The molecule has 3 aromatic rings. The average Bonchev–Trinajstić information content (AvgIpc) is 3.13. The number of thiophene rings is 1. The lowest BCUT2D eigenvalue weighted by molar-refractivity contribution is 0.0528. The van der Waals surface area contributed by atoms with Crippen molar-refractivity contribution < 1.29 is 14.3 Å². The molecule has 2 N–H and O–H groups in total. The minimum absolute atomic E-state index is 0.284. The summed E-state index contributed by atoms with van der Waals surface area (Å²) in [5.41, 5.74) is 1.42. The molecule has 0 spiro atoms. The molecule has 2 heterocycles. The van der Waals surface area contributed by atoms with Crippen LogP contribution in [-0.4, -0.2) is 28.7 Å². The van der Waals surface area contributed by atoms with Gasteiger partial charge in [0.05, 0.1) is 17.7 Å². The molecule has 0 saturated carbocycles. The van der Waals surface area contributed by atoms with Gasteiger partial charge < -0.3 is 10.1 Å². The number of rotatable bonds is 4. The molecular weight excluding hydrogens is 302 g/mol. The van der Waals surface area contributed by atoms with Gasteiger partial charge in [0, 0.05) is 5.39 Å². The van der Waals surface area contributed by atoms with E-state index in [0.717, 1.165) is 10.9 Å². The highest BCUT2D eigenvalue weighted by atomic mass is 32.1. The Morgan fingerprint density at radius 2 is 2.14 bits per heavy atom. The summed E-state index contributed by atoms with van der Waals surface area (Å²) < 4.78 is 4.96. The summed E-state index contributed by atoms with van der Waals surface area (Å²) in [5, 5.41) is 12.5. The highest BCUT2D eigenvalue weighted by Gasteiger charge is 2.19. The van der Waals surface area contributed by atoms with Gasteiger partial charge in [0.1, 0.15) is 5.00 Å². The summed E-state index contributed by atoms with van der Waals surface area (Å²) in [7, 11) is 0. The number of anilines is 1. The smallest absolute Gasteiger partial charge is 0.341 e. The summed E-state index contributed by atoms with van der Waals surface area (Å²) in [6.07, 6.45) is 0. The number of nitrogens with zero attached hydrogens (tertiary/aromatic N) is 1. The Balaban J connectivity index is 1.86. The van der Waals surface area contributed by atoms with Crippen LogP contribution in [0.5, 0.6) is 0 Å². The molecule has 0 aliphatic heterocycles. The van der Waals surface area contributed by atoms with Crippen LogP contribution < -0.4 is 5.32 Å².